The molecule has 4 nitrogen and oxygen atoms in total. The van der Waals surface area contributed by atoms with Crippen LogP contribution in [0.1, 0.15) is 61.4 Å². The van der Waals surface area contributed by atoms with Crippen LogP contribution in [0.2, 0.25) is 0 Å². The quantitative estimate of drug-likeness (QED) is 0.865. The Morgan fingerprint density at radius 1 is 1.40 bits per heavy atom. The molecule has 0 aliphatic heterocycles. The summed E-state index contributed by atoms with van der Waals surface area (Å²) >= 11 is 0. The van der Waals surface area contributed by atoms with E-state index in [-0.39, 0.29) is 5.91 Å². The maximum atomic E-state index is 12.3. The highest BCUT2D eigenvalue weighted by Crippen LogP contribution is 2.36. The summed E-state index contributed by atoms with van der Waals surface area (Å²) < 4.78 is 0. The Bertz CT molecular complexity index is 523. The molecule has 1 aromatic carbocycles. The number of carbonyl (C=O) groups is 2. The summed E-state index contributed by atoms with van der Waals surface area (Å²) in [4.78, 5) is 23.7. The van der Waals surface area contributed by atoms with Crippen LogP contribution in [0.4, 0.5) is 0 Å². The van der Waals surface area contributed by atoms with Gasteiger partial charge in [-0.25, -0.2) is 0 Å². The van der Waals surface area contributed by atoms with Gasteiger partial charge in [0.2, 0.25) is 5.91 Å². The predicted octanol–water partition coefficient (Wildman–Crippen LogP) is 2.34. The largest absolute Gasteiger partial charge is 0.368 e. The van der Waals surface area contributed by atoms with Crippen LogP contribution in [0.5, 0.6) is 0 Å². The van der Waals surface area contributed by atoms with E-state index < -0.39 is 11.4 Å². The Balaban J connectivity index is 2.14. The normalized spacial score (nSPS) is 17.9. The summed E-state index contributed by atoms with van der Waals surface area (Å²) in [6.45, 7) is 3.48. The molecule has 1 aromatic rings. The van der Waals surface area contributed by atoms with E-state index in [9.17, 15) is 9.59 Å². The second kappa shape index (κ2) is 5.65. The molecule has 0 saturated heterocycles. The Hall–Kier alpha value is -1.84. The summed E-state index contributed by atoms with van der Waals surface area (Å²) in [5.74, 6) is -0.172. The fourth-order valence-electron chi connectivity index (χ4n) is 2.32. The highest BCUT2D eigenvalue weighted by atomic mass is 16.2. The molecule has 1 unspecified atom stereocenters. The third-order valence-corrected chi connectivity index (χ3v) is 4.37. The van der Waals surface area contributed by atoms with E-state index in [2.05, 4.69) is 11.4 Å². The predicted molar refractivity (Wildman–Crippen MR) is 78.4 cm³/mol. The van der Waals surface area contributed by atoms with Crippen molar-refractivity contribution in [2.45, 2.75) is 51.0 Å². The van der Waals surface area contributed by atoms with Crippen molar-refractivity contribution in [1.82, 2.24) is 5.32 Å². The number of rotatable bonds is 5. The first-order valence-electron chi connectivity index (χ1n) is 7.18. The number of hydrogen-bond donors (Lipinski definition) is 2. The van der Waals surface area contributed by atoms with E-state index in [1.54, 1.807) is 13.0 Å². The molecule has 0 bridgehead atoms. The van der Waals surface area contributed by atoms with Gasteiger partial charge in [-0.15, -0.1) is 0 Å². The van der Waals surface area contributed by atoms with Gasteiger partial charge in [0.15, 0.2) is 0 Å². The van der Waals surface area contributed by atoms with E-state index in [4.69, 9.17) is 5.73 Å². The molecule has 0 radical (unpaired) electrons. The lowest BCUT2D eigenvalue weighted by Gasteiger charge is -2.27. The summed E-state index contributed by atoms with van der Waals surface area (Å²) in [5.41, 5.74) is 6.17. The summed E-state index contributed by atoms with van der Waals surface area (Å²) in [6, 6.07) is 7.66. The molecule has 20 heavy (non-hydrogen) atoms. The van der Waals surface area contributed by atoms with Crippen molar-refractivity contribution in [3.05, 3.63) is 35.4 Å². The summed E-state index contributed by atoms with van der Waals surface area (Å²) in [5, 5.41) is 2.75. The lowest BCUT2D eigenvalue weighted by Crippen LogP contribution is -2.54. The second-order valence-electron chi connectivity index (χ2n) is 5.76. The fourth-order valence-corrected chi connectivity index (χ4v) is 2.32. The molecule has 4 heteroatoms. The molecule has 2 rings (SSSR count). The summed E-state index contributed by atoms with van der Waals surface area (Å²) in [6.07, 6.45) is 4.12. The average molecular weight is 274 g/mol. The molecule has 3 N–H and O–H groups in total. The Morgan fingerprint density at radius 2 is 2.10 bits per heavy atom. The number of hydrogen-bond acceptors (Lipinski definition) is 2. The van der Waals surface area contributed by atoms with Crippen molar-refractivity contribution >= 4 is 11.8 Å². The molecule has 1 aliphatic rings. The van der Waals surface area contributed by atoms with E-state index in [0.29, 0.717) is 17.9 Å². The minimum absolute atomic E-state index is 0.241. The Labute approximate surface area is 119 Å². The minimum Gasteiger partial charge on any atom is -0.368 e. The first-order valence-corrected chi connectivity index (χ1v) is 7.18. The highest BCUT2D eigenvalue weighted by molar-refractivity contribution is 5.98. The number of carbonyl (C=O) groups excluding carboxylic acids is 2. The SMILES string of the molecule is CCC(C)(NC(=O)c1cccc(C2CCC2)c1)C(N)=O. The molecular formula is C16H22N2O2. The standard InChI is InChI=1S/C16H22N2O2/c1-3-16(2,15(17)20)18-14(19)13-9-5-8-12(10-13)11-6-4-7-11/h5,8-11H,3-4,6-7H2,1-2H3,(H2,17,20)(H,18,19). The van der Waals surface area contributed by atoms with Gasteiger partial charge in [-0.2, -0.15) is 0 Å². The summed E-state index contributed by atoms with van der Waals surface area (Å²) in [7, 11) is 0. The maximum absolute atomic E-state index is 12.3. The number of primary amides is 1. The van der Waals surface area contributed by atoms with E-state index in [1.807, 2.05) is 19.1 Å². The van der Waals surface area contributed by atoms with Crippen LogP contribution in [0.25, 0.3) is 0 Å². The smallest absolute Gasteiger partial charge is 0.252 e. The third-order valence-electron chi connectivity index (χ3n) is 4.37. The van der Waals surface area contributed by atoms with Crippen LogP contribution in [0.15, 0.2) is 24.3 Å². The van der Waals surface area contributed by atoms with Gasteiger partial charge in [0, 0.05) is 5.56 Å². The van der Waals surface area contributed by atoms with E-state index in [0.717, 1.165) is 0 Å². The molecule has 0 spiro atoms. The van der Waals surface area contributed by atoms with Gasteiger partial charge in [0.05, 0.1) is 0 Å². The Kier molecular flexibility index (Phi) is 4.12. The van der Waals surface area contributed by atoms with Gasteiger partial charge in [0.25, 0.3) is 5.91 Å². The van der Waals surface area contributed by atoms with Gasteiger partial charge in [-0.1, -0.05) is 25.5 Å². The monoisotopic (exact) mass is 274 g/mol. The molecule has 108 valence electrons. The zero-order valence-electron chi connectivity index (χ0n) is 12.1. The molecule has 2 amide bonds. The Morgan fingerprint density at radius 3 is 2.60 bits per heavy atom. The average Bonchev–Trinajstić information content (AvgIpc) is 2.36. The van der Waals surface area contributed by atoms with Crippen LogP contribution in [0, 0.1) is 0 Å². The second-order valence-corrected chi connectivity index (χ2v) is 5.76. The van der Waals surface area contributed by atoms with Crippen molar-refractivity contribution in [3.63, 3.8) is 0 Å². The van der Waals surface area contributed by atoms with Gasteiger partial charge >= 0.3 is 0 Å². The molecule has 0 heterocycles. The van der Waals surface area contributed by atoms with E-state index >= 15 is 0 Å². The van der Waals surface area contributed by atoms with Crippen LogP contribution < -0.4 is 11.1 Å². The first kappa shape index (κ1) is 14.6. The lowest BCUT2D eigenvalue weighted by molar-refractivity contribution is -0.123. The highest BCUT2D eigenvalue weighted by Gasteiger charge is 2.31. The van der Waals surface area contributed by atoms with Crippen molar-refractivity contribution in [3.8, 4) is 0 Å². The van der Waals surface area contributed by atoms with Crippen LogP contribution in [-0.4, -0.2) is 17.4 Å². The third kappa shape index (κ3) is 2.84. The number of benzene rings is 1. The van der Waals surface area contributed by atoms with Crippen molar-refractivity contribution in [2.24, 2.45) is 5.73 Å². The van der Waals surface area contributed by atoms with Gasteiger partial charge in [-0.3, -0.25) is 9.59 Å². The van der Waals surface area contributed by atoms with Gasteiger partial charge in [0.1, 0.15) is 5.54 Å². The molecule has 1 atom stereocenters. The van der Waals surface area contributed by atoms with Crippen LogP contribution >= 0.6 is 0 Å². The zero-order chi connectivity index (χ0) is 14.8. The molecular weight excluding hydrogens is 252 g/mol. The zero-order valence-corrected chi connectivity index (χ0v) is 12.1. The van der Waals surface area contributed by atoms with Crippen LogP contribution in [0.3, 0.4) is 0 Å². The van der Waals surface area contributed by atoms with Crippen molar-refractivity contribution < 1.29 is 9.59 Å². The van der Waals surface area contributed by atoms with Crippen molar-refractivity contribution in [2.75, 3.05) is 0 Å². The minimum atomic E-state index is -0.996. The topological polar surface area (TPSA) is 72.2 Å². The fraction of sp³-hybridized carbons (Fsp3) is 0.500. The molecule has 1 fully saturated rings. The van der Waals surface area contributed by atoms with Gasteiger partial charge < -0.3 is 11.1 Å². The number of amides is 2. The van der Waals surface area contributed by atoms with Crippen LogP contribution in [-0.2, 0) is 4.79 Å². The first-order chi connectivity index (χ1) is 9.46. The van der Waals surface area contributed by atoms with E-state index in [1.165, 1.54) is 24.8 Å². The number of nitrogens with two attached hydrogens (primary N) is 1. The molecule has 1 saturated carbocycles. The molecule has 1 aliphatic carbocycles. The molecule has 0 aromatic heterocycles. The number of nitrogens with one attached hydrogen (secondary N) is 1. The van der Waals surface area contributed by atoms with Gasteiger partial charge in [-0.05, 0) is 49.8 Å². The maximum Gasteiger partial charge on any atom is 0.252 e. The lowest BCUT2D eigenvalue weighted by atomic mass is 9.79. The van der Waals surface area contributed by atoms with Crippen molar-refractivity contribution in [1.29, 1.82) is 0 Å².